The molecule has 0 amide bonds. The number of hydrogen-bond donors (Lipinski definition) is 2. The Bertz CT molecular complexity index is 1690. The summed E-state index contributed by atoms with van der Waals surface area (Å²) in [5.74, 6) is -0.880. The maximum atomic E-state index is 12.3. The topological polar surface area (TPSA) is 130 Å². The van der Waals surface area contributed by atoms with Gasteiger partial charge in [-0.05, 0) is 22.8 Å². The molecule has 0 radical (unpaired) electrons. The molecule has 11 nitrogen and oxygen atoms in total. The number of rotatable bonds is 9. The smallest absolute Gasteiger partial charge is 0.278 e. The fraction of sp³-hybridized carbons (Fsp3) is 0.344. The molecule has 2 saturated heterocycles. The van der Waals surface area contributed by atoms with Gasteiger partial charge in [-0.3, -0.25) is 9.36 Å². The molecule has 1 aliphatic carbocycles. The van der Waals surface area contributed by atoms with Crippen molar-refractivity contribution in [2.75, 3.05) is 27.4 Å². The van der Waals surface area contributed by atoms with Crippen molar-refractivity contribution < 1.29 is 28.8 Å². The third kappa shape index (κ3) is 4.31. The van der Waals surface area contributed by atoms with Crippen molar-refractivity contribution in [1.82, 2.24) is 19.5 Å². The normalized spacial score (nSPS) is 26.2. The van der Waals surface area contributed by atoms with Crippen LogP contribution in [0.5, 0.6) is 0 Å². The summed E-state index contributed by atoms with van der Waals surface area (Å²) >= 11 is 0. The molecule has 2 N–H and O–H groups in total. The number of hydrogen-bond acceptors (Lipinski definition) is 9. The first kappa shape index (κ1) is 27.8. The van der Waals surface area contributed by atoms with E-state index in [2.05, 4.69) is 21.0 Å². The lowest BCUT2D eigenvalue weighted by Gasteiger charge is -2.41. The van der Waals surface area contributed by atoms with Gasteiger partial charge in [0.1, 0.15) is 23.4 Å². The van der Waals surface area contributed by atoms with Crippen molar-refractivity contribution in [3.63, 3.8) is 0 Å². The number of nitrogens with zero attached hydrogens (tertiary/aromatic N) is 3. The van der Waals surface area contributed by atoms with Crippen LogP contribution in [0, 0.1) is 0 Å². The van der Waals surface area contributed by atoms with Gasteiger partial charge in [0, 0.05) is 20.6 Å². The van der Waals surface area contributed by atoms with Crippen LogP contribution in [0.15, 0.2) is 102 Å². The van der Waals surface area contributed by atoms with Crippen molar-refractivity contribution in [2.45, 2.75) is 41.8 Å². The number of ether oxygens (including phenoxy) is 5. The third-order valence-corrected chi connectivity index (χ3v) is 8.76. The van der Waals surface area contributed by atoms with E-state index in [4.69, 9.17) is 23.7 Å². The van der Waals surface area contributed by atoms with Crippen LogP contribution < -0.4 is 5.56 Å². The van der Waals surface area contributed by atoms with Crippen molar-refractivity contribution in [2.24, 2.45) is 0 Å². The summed E-state index contributed by atoms with van der Waals surface area (Å²) in [7, 11) is 3.23. The van der Waals surface area contributed by atoms with E-state index in [1.165, 1.54) is 12.7 Å². The molecule has 222 valence electrons. The minimum Gasteiger partial charge on any atom is -0.387 e. The van der Waals surface area contributed by atoms with Crippen LogP contribution in [0.3, 0.4) is 0 Å². The second kappa shape index (κ2) is 10.6. The van der Waals surface area contributed by atoms with E-state index in [-0.39, 0.29) is 24.3 Å². The summed E-state index contributed by atoms with van der Waals surface area (Å²) in [5, 5.41) is 11.5. The fourth-order valence-corrected chi connectivity index (χ4v) is 6.37. The molecular weight excluding hydrogens is 552 g/mol. The van der Waals surface area contributed by atoms with E-state index in [1.807, 2.05) is 72.8 Å². The minimum absolute atomic E-state index is 0.00350. The van der Waals surface area contributed by atoms with E-state index >= 15 is 0 Å². The van der Waals surface area contributed by atoms with E-state index in [0.717, 1.165) is 16.7 Å². The summed E-state index contributed by atoms with van der Waals surface area (Å²) < 4.78 is 32.7. The number of H-pyrrole nitrogens is 1. The lowest BCUT2D eigenvalue weighted by molar-refractivity contribution is -0.202. The van der Waals surface area contributed by atoms with Crippen molar-refractivity contribution in [3.05, 3.63) is 119 Å². The van der Waals surface area contributed by atoms with E-state index in [0.29, 0.717) is 12.1 Å². The van der Waals surface area contributed by atoms with Gasteiger partial charge in [-0.25, -0.2) is 9.97 Å². The maximum absolute atomic E-state index is 12.3. The third-order valence-electron chi connectivity index (χ3n) is 8.76. The fourth-order valence-electron chi connectivity index (χ4n) is 6.37. The number of fused-ring (bicyclic) bond motifs is 3. The highest BCUT2D eigenvalue weighted by Gasteiger charge is 2.63. The maximum Gasteiger partial charge on any atom is 0.278 e. The monoisotopic (exact) mass is 584 g/mol. The van der Waals surface area contributed by atoms with Gasteiger partial charge in [-0.2, -0.15) is 0 Å². The lowest BCUT2D eigenvalue weighted by atomic mass is 9.77. The molecule has 7 rings (SSSR count). The first-order valence-electron chi connectivity index (χ1n) is 14.1. The van der Waals surface area contributed by atoms with E-state index < -0.39 is 35.4 Å². The van der Waals surface area contributed by atoms with Crippen LogP contribution >= 0.6 is 0 Å². The number of methoxy groups -OCH3 is 2. The highest BCUT2D eigenvalue weighted by Crippen LogP contribution is 2.49. The highest BCUT2D eigenvalue weighted by molar-refractivity contribution is 5.69. The first-order chi connectivity index (χ1) is 21.0. The summed E-state index contributed by atoms with van der Waals surface area (Å²) in [6.07, 6.45) is 6.72. The predicted molar refractivity (Wildman–Crippen MR) is 155 cm³/mol. The second-order valence-corrected chi connectivity index (χ2v) is 11.0. The molecule has 2 aromatic heterocycles. The molecule has 2 fully saturated rings. The van der Waals surface area contributed by atoms with Gasteiger partial charge < -0.3 is 33.8 Å². The van der Waals surface area contributed by atoms with E-state index in [1.54, 1.807) is 18.8 Å². The Kier molecular flexibility index (Phi) is 6.88. The average molecular weight is 585 g/mol. The molecule has 4 atom stereocenters. The van der Waals surface area contributed by atoms with Gasteiger partial charge in [0.15, 0.2) is 23.2 Å². The van der Waals surface area contributed by atoms with Crippen LogP contribution in [0.25, 0.3) is 11.2 Å². The molecular formula is C32H32N4O7. The molecule has 0 spiro atoms. The van der Waals surface area contributed by atoms with Gasteiger partial charge in [-0.15, -0.1) is 0 Å². The molecule has 4 heterocycles. The van der Waals surface area contributed by atoms with Crippen molar-refractivity contribution in [1.29, 1.82) is 0 Å². The highest BCUT2D eigenvalue weighted by atomic mass is 16.7. The Balaban J connectivity index is 1.28. The van der Waals surface area contributed by atoms with Crippen LogP contribution in [0.1, 0.15) is 23.8 Å². The average Bonchev–Trinajstić information content (AvgIpc) is 3.72. The molecule has 2 aliphatic heterocycles. The standard InChI is InChI=1S/C32H32N4O7/c1-39-31(40-2)15-13-23(14-16-31)32(21-9-5-3-6-10-21,22-11-7-4-8-12-22)42-18-30-17-41-25(26(30)37)29(43-30)36-20-35-24-27(36)33-19-34-28(24)38/h3-15,19-20,25-26,29,37H,16-18H2,1-2H3,(H,33,34,38)/t25-,26+,29-,30-/m1/s1. The molecule has 2 bridgehead atoms. The number of aliphatic hydroxyl groups excluding tert-OH is 1. The van der Waals surface area contributed by atoms with E-state index in [9.17, 15) is 9.90 Å². The van der Waals surface area contributed by atoms with Crippen LogP contribution in [-0.2, 0) is 29.3 Å². The minimum atomic E-state index is -1.19. The van der Waals surface area contributed by atoms with Crippen molar-refractivity contribution >= 4 is 11.2 Å². The second-order valence-electron chi connectivity index (χ2n) is 11.0. The number of benzene rings is 2. The quantitative estimate of drug-likeness (QED) is 0.285. The van der Waals surface area contributed by atoms with Gasteiger partial charge in [0.25, 0.3) is 5.56 Å². The summed E-state index contributed by atoms with van der Waals surface area (Å²) in [6, 6.07) is 19.9. The Morgan fingerprint density at radius 2 is 1.77 bits per heavy atom. The Morgan fingerprint density at radius 1 is 1.07 bits per heavy atom. The van der Waals surface area contributed by atoms with Gasteiger partial charge >= 0.3 is 0 Å². The number of imidazole rings is 1. The first-order valence-corrected chi connectivity index (χ1v) is 14.1. The lowest BCUT2D eigenvalue weighted by Crippen LogP contribution is -2.48. The van der Waals surface area contributed by atoms with Gasteiger partial charge in [0.2, 0.25) is 0 Å². The number of nitrogens with one attached hydrogen (secondary N) is 1. The molecule has 2 aromatic carbocycles. The number of aliphatic hydroxyl groups is 1. The zero-order valence-corrected chi connectivity index (χ0v) is 23.8. The molecule has 4 aromatic rings. The molecule has 0 saturated carbocycles. The van der Waals surface area contributed by atoms with Gasteiger partial charge in [-0.1, -0.05) is 72.8 Å². The number of aromatic nitrogens is 4. The van der Waals surface area contributed by atoms with Crippen molar-refractivity contribution in [3.8, 4) is 0 Å². The molecule has 3 aliphatic rings. The predicted octanol–water partition coefficient (Wildman–Crippen LogP) is 2.98. The van der Waals surface area contributed by atoms with Gasteiger partial charge in [0.05, 0.1) is 25.9 Å². The van der Waals surface area contributed by atoms with Crippen LogP contribution in [-0.4, -0.2) is 75.7 Å². The Hall–Kier alpha value is -3.97. The number of aromatic amines is 1. The molecule has 43 heavy (non-hydrogen) atoms. The zero-order valence-electron chi connectivity index (χ0n) is 23.8. The summed E-state index contributed by atoms with van der Waals surface area (Å²) in [4.78, 5) is 23.3. The molecule has 11 heteroatoms. The Labute approximate surface area is 247 Å². The summed E-state index contributed by atoms with van der Waals surface area (Å²) in [5.41, 5.74) is 0.587. The summed E-state index contributed by atoms with van der Waals surface area (Å²) in [6.45, 7) is 0.122. The Morgan fingerprint density at radius 3 is 2.40 bits per heavy atom. The SMILES string of the molecule is COC1(OC)C=CC(C(OC[C@@]23CO[C@@H]([C@H](n4cnc5c(=O)[nH]cnc54)O2)[C@@H]3O)(c2ccccc2)c2ccccc2)=CC1. The van der Waals surface area contributed by atoms with Crippen LogP contribution in [0.4, 0.5) is 0 Å². The van der Waals surface area contributed by atoms with Crippen LogP contribution in [0.2, 0.25) is 0 Å². The largest absolute Gasteiger partial charge is 0.387 e. The zero-order chi connectivity index (χ0) is 29.7. The molecule has 0 unspecified atom stereocenters.